The SMILES string of the molecule is COc1ccc(NC(=O)NN)cc1F. The number of rotatable bonds is 2. The number of hydrogen-bond acceptors (Lipinski definition) is 3. The van der Waals surface area contributed by atoms with Crippen LogP contribution in [0.4, 0.5) is 14.9 Å². The number of hydrazine groups is 1. The molecular formula is C8H10FN3O2. The third-order valence-corrected chi connectivity index (χ3v) is 1.54. The lowest BCUT2D eigenvalue weighted by Gasteiger charge is -2.06. The molecule has 0 aromatic heterocycles. The second kappa shape index (κ2) is 4.43. The predicted octanol–water partition coefficient (Wildman–Crippen LogP) is 0.829. The summed E-state index contributed by atoms with van der Waals surface area (Å²) in [6, 6.07) is 3.42. The van der Waals surface area contributed by atoms with Crippen molar-refractivity contribution in [1.82, 2.24) is 5.43 Å². The van der Waals surface area contributed by atoms with Gasteiger partial charge in [-0.2, -0.15) is 0 Å². The van der Waals surface area contributed by atoms with E-state index in [9.17, 15) is 9.18 Å². The van der Waals surface area contributed by atoms with Gasteiger partial charge in [-0.25, -0.2) is 15.0 Å². The van der Waals surface area contributed by atoms with Crippen LogP contribution in [0.3, 0.4) is 0 Å². The van der Waals surface area contributed by atoms with E-state index in [1.54, 1.807) is 0 Å². The van der Waals surface area contributed by atoms with Crippen molar-refractivity contribution in [3.05, 3.63) is 24.0 Å². The molecule has 0 saturated carbocycles. The number of carbonyl (C=O) groups is 1. The molecule has 0 aliphatic rings. The van der Waals surface area contributed by atoms with Crippen LogP contribution in [0.25, 0.3) is 0 Å². The number of nitrogens with one attached hydrogen (secondary N) is 2. The van der Waals surface area contributed by atoms with E-state index < -0.39 is 11.8 Å². The first kappa shape index (κ1) is 10.3. The number of halogens is 1. The number of hydrogen-bond donors (Lipinski definition) is 3. The van der Waals surface area contributed by atoms with Crippen LogP contribution in [0.5, 0.6) is 5.75 Å². The summed E-state index contributed by atoms with van der Waals surface area (Å²) >= 11 is 0. The fraction of sp³-hybridized carbons (Fsp3) is 0.125. The average molecular weight is 199 g/mol. The molecule has 4 N–H and O–H groups in total. The zero-order valence-corrected chi connectivity index (χ0v) is 7.50. The smallest absolute Gasteiger partial charge is 0.333 e. The lowest BCUT2D eigenvalue weighted by molar-refractivity contribution is 0.252. The van der Waals surface area contributed by atoms with E-state index in [1.165, 1.54) is 19.2 Å². The van der Waals surface area contributed by atoms with Crippen molar-refractivity contribution in [2.45, 2.75) is 0 Å². The highest BCUT2D eigenvalue weighted by atomic mass is 19.1. The molecule has 0 saturated heterocycles. The molecule has 0 unspecified atom stereocenters. The Morgan fingerprint density at radius 3 is 2.79 bits per heavy atom. The molecule has 6 heteroatoms. The average Bonchev–Trinajstić information content (AvgIpc) is 2.18. The Balaban J connectivity index is 2.81. The summed E-state index contributed by atoms with van der Waals surface area (Å²) in [5.74, 6) is 4.39. The molecule has 5 nitrogen and oxygen atoms in total. The quantitative estimate of drug-likeness (QED) is 0.375. The van der Waals surface area contributed by atoms with Gasteiger partial charge in [-0.1, -0.05) is 0 Å². The first-order chi connectivity index (χ1) is 6.67. The summed E-state index contributed by atoms with van der Waals surface area (Å²) in [6.07, 6.45) is 0. The van der Waals surface area contributed by atoms with E-state index in [-0.39, 0.29) is 5.75 Å². The van der Waals surface area contributed by atoms with Gasteiger partial charge in [0, 0.05) is 11.8 Å². The van der Waals surface area contributed by atoms with Gasteiger partial charge in [0.25, 0.3) is 0 Å². The lowest BCUT2D eigenvalue weighted by Crippen LogP contribution is -2.34. The van der Waals surface area contributed by atoms with Crippen molar-refractivity contribution in [1.29, 1.82) is 0 Å². The van der Waals surface area contributed by atoms with Crippen molar-refractivity contribution in [2.75, 3.05) is 12.4 Å². The van der Waals surface area contributed by atoms with Crippen LogP contribution in [-0.2, 0) is 0 Å². The number of methoxy groups -OCH3 is 1. The third-order valence-electron chi connectivity index (χ3n) is 1.54. The second-order valence-electron chi connectivity index (χ2n) is 2.45. The van der Waals surface area contributed by atoms with Gasteiger partial charge in [-0.3, -0.25) is 5.43 Å². The summed E-state index contributed by atoms with van der Waals surface area (Å²) in [4.78, 5) is 10.7. The van der Waals surface area contributed by atoms with Gasteiger partial charge < -0.3 is 10.1 Å². The minimum absolute atomic E-state index is 0.115. The summed E-state index contributed by atoms with van der Waals surface area (Å²) in [5, 5.41) is 2.31. The van der Waals surface area contributed by atoms with Crippen molar-refractivity contribution in [2.24, 2.45) is 5.84 Å². The standard InChI is InChI=1S/C8H10FN3O2/c1-14-7-3-2-5(4-6(7)9)11-8(13)12-10/h2-4H,10H2,1H3,(H2,11,12,13). The van der Waals surface area contributed by atoms with E-state index in [0.29, 0.717) is 5.69 Å². The topological polar surface area (TPSA) is 76.4 Å². The molecule has 0 radical (unpaired) electrons. The van der Waals surface area contributed by atoms with E-state index in [1.807, 2.05) is 5.43 Å². The summed E-state index contributed by atoms with van der Waals surface area (Å²) in [6.45, 7) is 0. The zero-order chi connectivity index (χ0) is 10.6. The third kappa shape index (κ3) is 2.33. The minimum Gasteiger partial charge on any atom is -0.494 e. The number of amides is 2. The normalized spacial score (nSPS) is 9.36. The van der Waals surface area contributed by atoms with Gasteiger partial charge >= 0.3 is 6.03 Å². The Kier molecular flexibility index (Phi) is 3.24. The Morgan fingerprint density at radius 1 is 1.57 bits per heavy atom. The molecule has 1 aromatic rings. The number of anilines is 1. The number of nitrogens with two attached hydrogens (primary N) is 1. The van der Waals surface area contributed by atoms with Crippen LogP contribution >= 0.6 is 0 Å². The highest BCUT2D eigenvalue weighted by Gasteiger charge is 2.04. The Hall–Kier alpha value is -1.82. The Labute approximate surface area is 80.0 Å². The molecule has 0 heterocycles. The van der Waals surface area contributed by atoms with Gasteiger partial charge in [0.15, 0.2) is 11.6 Å². The molecule has 0 bridgehead atoms. The van der Waals surface area contributed by atoms with Crippen molar-refractivity contribution in [3.8, 4) is 5.75 Å². The number of ether oxygens (including phenoxy) is 1. The van der Waals surface area contributed by atoms with E-state index in [4.69, 9.17) is 10.6 Å². The van der Waals surface area contributed by atoms with Crippen molar-refractivity contribution < 1.29 is 13.9 Å². The van der Waals surface area contributed by atoms with Crippen LogP contribution < -0.4 is 21.3 Å². The van der Waals surface area contributed by atoms with Gasteiger partial charge in [-0.15, -0.1) is 0 Å². The number of urea groups is 1. The molecule has 0 spiro atoms. The zero-order valence-electron chi connectivity index (χ0n) is 7.50. The van der Waals surface area contributed by atoms with E-state index in [0.717, 1.165) is 6.07 Å². The van der Waals surface area contributed by atoms with Crippen LogP contribution in [0.15, 0.2) is 18.2 Å². The van der Waals surface area contributed by atoms with Crippen LogP contribution in [0.2, 0.25) is 0 Å². The summed E-state index contributed by atoms with van der Waals surface area (Å²) in [7, 11) is 1.36. The van der Waals surface area contributed by atoms with Crippen molar-refractivity contribution >= 4 is 11.7 Å². The maximum absolute atomic E-state index is 13.1. The minimum atomic E-state index is -0.616. The fourth-order valence-corrected chi connectivity index (χ4v) is 0.911. The van der Waals surface area contributed by atoms with Gasteiger partial charge in [0.05, 0.1) is 7.11 Å². The fourth-order valence-electron chi connectivity index (χ4n) is 0.911. The Morgan fingerprint density at radius 2 is 2.29 bits per heavy atom. The summed E-state index contributed by atoms with van der Waals surface area (Å²) < 4.78 is 17.8. The molecule has 0 atom stereocenters. The molecule has 1 aromatic carbocycles. The molecule has 1 rings (SSSR count). The van der Waals surface area contributed by atoms with Crippen LogP contribution in [0, 0.1) is 5.82 Å². The first-order valence-corrected chi connectivity index (χ1v) is 3.78. The molecular weight excluding hydrogens is 189 g/mol. The monoisotopic (exact) mass is 199 g/mol. The molecule has 0 aliphatic carbocycles. The highest BCUT2D eigenvalue weighted by Crippen LogP contribution is 2.20. The second-order valence-corrected chi connectivity index (χ2v) is 2.45. The van der Waals surface area contributed by atoms with Crippen molar-refractivity contribution in [3.63, 3.8) is 0 Å². The van der Waals surface area contributed by atoms with Crippen LogP contribution in [-0.4, -0.2) is 13.1 Å². The van der Waals surface area contributed by atoms with E-state index >= 15 is 0 Å². The predicted molar refractivity (Wildman–Crippen MR) is 49.3 cm³/mol. The lowest BCUT2D eigenvalue weighted by atomic mass is 10.3. The first-order valence-electron chi connectivity index (χ1n) is 3.78. The van der Waals surface area contributed by atoms with Gasteiger partial charge in [0.2, 0.25) is 0 Å². The summed E-state index contributed by atoms with van der Waals surface area (Å²) in [5.41, 5.74) is 2.16. The molecule has 14 heavy (non-hydrogen) atoms. The largest absolute Gasteiger partial charge is 0.494 e. The molecule has 76 valence electrons. The number of benzene rings is 1. The van der Waals surface area contributed by atoms with Gasteiger partial charge in [-0.05, 0) is 12.1 Å². The number of carbonyl (C=O) groups excluding carboxylic acids is 1. The highest BCUT2D eigenvalue weighted by molar-refractivity contribution is 5.88. The maximum atomic E-state index is 13.1. The van der Waals surface area contributed by atoms with Crippen LogP contribution in [0.1, 0.15) is 0 Å². The molecule has 0 aliphatic heterocycles. The maximum Gasteiger partial charge on any atom is 0.333 e. The van der Waals surface area contributed by atoms with E-state index in [2.05, 4.69) is 5.32 Å². The molecule has 2 amide bonds. The molecule has 0 fully saturated rings. The Bertz CT molecular complexity index is 343. The van der Waals surface area contributed by atoms with Gasteiger partial charge in [0.1, 0.15) is 0 Å².